The van der Waals surface area contributed by atoms with Crippen molar-refractivity contribution in [3.63, 3.8) is 0 Å². The van der Waals surface area contributed by atoms with Gasteiger partial charge >= 0.3 is 8.25 Å². The predicted octanol–water partition coefficient (Wildman–Crippen LogP) is 6.77. The maximum atomic E-state index is 11.0. The maximum Gasteiger partial charge on any atom is 0.695 e. The molecule has 1 unspecified atom stereocenters. The molecule has 0 saturated heterocycles. The molecule has 0 saturated carbocycles. The Bertz CT molecular complexity index is 553. The minimum atomic E-state index is -2.68. The molecule has 0 bridgehead atoms. The monoisotopic (exact) mass is 461 g/mol. The molecule has 0 heterocycles. The van der Waals surface area contributed by atoms with Crippen LogP contribution in [-0.2, 0) is 9.09 Å². The van der Waals surface area contributed by atoms with Crippen molar-refractivity contribution in [2.75, 3.05) is 0 Å². The van der Waals surface area contributed by atoms with E-state index in [2.05, 4.69) is 45.7 Å². The van der Waals surface area contributed by atoms with Crippen LogP contribution in [0.4, 0.5) is 0 Å². The Balaban J connectivity index is 0.000000593. The van der Waals surface area contributed by atoms with Crippen molar-refractivity contribution in [2.24, 2.45) is 0 Å². The van der Waals surface area contributed by atoms with Gasteiger partial charge in [0.05, 0.1) is 0 Å². The van der Waals surface area contributed by atoms with Crippen LogP contribution in [0.2, 0.25) is 0 Å². The normalized spacial score (nSPS) is 11.0. The summed E-state index contributed by atoms with van der Waals surface area (Å²) in [5.41, 5.74) is 1.64. The number of hydrogen-bond donors (Lipinski definition) is 1. The smallest absolute Gasteiger partial charge is 0.133 e. The van der Waals surface area contributed by atoms with Gasteiger partial charge in [-0.2, -0.15) is 0 Å². The van der Waals surface area contributed by atoms with Gasteiger partial charge in [-0.15, -0.1) is 9.42 Å². The molecule has 1 atom stereocenters. The fourth-order valence-corrected chi connectivity index (χ4v) is 2.63. The van der Waals surface area contributed by atoms with Crippen LogP contribution in [0.3, 0.4) is 0 Å². The lowest BCUT2D eigenvalue weighted by atomic mass is 10.0. The van der Waals surface area contributed by atoms with Crippen molar-refractivity contribution in [1.82, 2.24) is 0 Å². The first-order chi connectivity index (χ1) is 11.0. The van der Waals surface area contributed by atoms with Crippen molar-refractivity contribution in [2.45, 2.75) is 32.8 Å². The number of unbranched alkanes of at least 4 members (excludes halogenated alkanes) is 1. The van der Waals surface area contributed by atoms with Crippen molar-refractivity contribution in [3.05, 3.63) is 68.6 Å². The summed E-state index contributed by atoms with van der Waals surface area (Å²) in [5.74, 6) is 0. The molecular weight excluding hydrogens is 443 g/mol. The number of halogens is 2. The number of rotatable bonds is 5. The van der Waals surface area contributed by atoms with Gasteiger partial charge in [-0.3, -0.25) is 0 Å². The van der Waals surface area contributed by atoms with E-state index in [0.717, 1.165) is 20.1 Å². The summed E-state index contributed by atoms with van der Waals surface area (Å²) in [7, 11) is -2.68. The highest BCUT2D eigenvalue weighted by Crippen LogP contribution is 2.35. The molecule has 0 amide bonds. The van der Waals surface area contributed by atoms with Crippen molar-refractivity contribution in [3.8, 4) is 0 Å². The predicted molar refractivity (Wildman–Crippen MR) is 102 cm³/mol. The zero-order chi connectivity index (χ0) is 17.2. The topological polar surface area (TPSA) is 46.5 Å². The van der Waals surface area contributed by atoms with E-state index in [1.54, 1.807) is 0 Å². The van der Waals surface area contributed by atoms with E-state index in [0.29, 0.717) is 0 Å². The fourth-order valence-electron chi connectivity index (χ4n) is 1.68. The average Bonchev–Trinajstić information content (AvgIpc) is 2.54. The molecule has 2 aromatic carbocycles. The first kappa shape index (κ1) is 20.5. The fraction of sp³-hybridized carbons (Fsp3) is 0.294. The molecule has 0 spiro atoms. The number of benzene rings is 2. The van der Waals surface area contributed by atoms with Crippen molar-refractivity contribution < 1.29 is 14.0 Å². The Kier molecular flexibility index (Phi) is 9.84. The van der Waals surface area contributed by atoms with Crippen LogP contribution in [0.5, 0.6) is 0 Å². The Labute approximate surface area is 155 Å². The van der Waals surface area contributed by atoms with Gasteiger partial charge in [0.15, 0.2) is 6.10 Å². The highest BCUT2D eigenvalue weighted by Gasteiger charge is 2.26. The van der Waals surface area contributed by atoms with Gasteiger partial charge in [-0.05, 0) is 35.4 Å². The van der Waals surface area contributed by atoms with Gasteiger partial charge in [0.2, 0.25) is 0 Å². The zero-order valence-corrected chi connectivity index (χ0v) is 17.1. The van der Waals surface area contributed by atoms with Crippen LogP contribution in [0.1, 0.15) is 43.9 Å². The molecule has 0 aliphatic rings. The van der Waals surface area contributed by atoms with E-state index in [1.165, 1.54) is 12.8 Å². The molecule has 3 nitrogen and oxygen atoms in total. The Hall–Kier alpha value is -0.580. The molecule has 1 N–H and O–H groups in total. The lowest BCUT2D eigenvalue weighted by Crippen LogP contribution is -2.02. The van der Waals surface area contributed by atoms with E-state index in [1.807, 2.05) is 48.5 Å². The Morgan fingerprint density at radius 3 is 1.52 bits per heavy atom. The van der Waals surface area contributed by atoms with Gasteiger partial charge in [-0.1, -0.05) is 82.8 Å². The van der Waals surface area contributed by atoms with E-state index in [9.17, 15) is 4.57 Å². The average molecular weight is 463 g/mol. The molecule has 2 rings (SSSR count). The lowest BCUT2D eigenvalue weighted by molar-refractivity contribution is 0.226. The third-order valence-corrected chi connectivity index (χ3v) is 4.49. The van der Waals surface area contributed by atoms with Gasteiger partial charge in [0, 0.05) is 13.5 Å². The van der Waals surface area contributed by atoms with E-state index in [-0.39, 0.29) is 0 Å². The van der Waals surface area contributed by atoms with Crippen LogP contribution in [0.15, 0.2) is 57.5 Å². The van der Waals surface area contributed by atoms with Crippen LogP contribution in [-0.4, -0.2) is 4.89 Å². The summed E-state index contributed by atoms with van der Waals surface area (Å²) in [6.45, 7) is 4.36. The van der Waals surface area contributed by atoms with E-state index < -0.39 is 14.4 Å². The zero-order valence-electron chi connectivity index (χ0n) is 13.1. The van der Waals surface area contributed by atoms with E-state index in [4.69, 9.17) is 9.42 Å². The minimum absolute atomic E-state index is 0.560. The second-order valence-electron chi connectivity index (χ2n) is 4.83. The standard InChI is InChI=1S/C13H9Br2O3P.C4H10/c14-11-5-1-9(2-6-11)13(18-19(16)17)10-3-7-12(15)8-4-10;1-3-4-2/h1-8,13H;3-4H2,1-2H3/p+1. The molecule has 0 aromatic heterocycles. The SMILES string of the molecule is CCCC.O=[P+](O)OC(c1ccc(Br)cc1)c1ccc(Br)cc1. The summed E-state index contributed by atoms with van der Waals surface area (Å²) in [5, 5.41) is 0. The third-order valence-electron chi connectivity index (χ3n) is 3.04. The van der Waals surface area contributed by atoms with Gasteiger partial charge in [0.1, 0.15) is 0 Å². The second-order valence-corrected chi connectivity index (χ2v) is 7.34. The molecule has 0 fully saturated rings. The molecule has 2 aromatic rings. The summed E-state index contributed by atoms with van der Waals surface area (Å²) in [6, 6.07) is 14.9. The highest BCUT2D eigenvalue weighted by molar-refractivity contribution is 9.10. The van der Waals surface area contributed by atoms with Crippen LogP contribution < -0.4 is 0 Å². The molecule has 23 heavy (non-hydrogen) atoms. The van der Waals surface area contributed by atoms with Crippen LogP contribution >= 0.6 is 40.1 Å². The maximum absolute atomic E-state index is 11.0. The van der Waals surface area contributed by atoms with Crippen LogP contribution in [0, 0.1) is 0 Å². The van der Waals surface area contributed by atoms with Crippen molar-refractivity contribution >= 4 is 40.1 Å². The Morgan fingerprint density at radius 1 is 0.913 bits per heavy atom. The summed E-state index contributed by atoms with van der Waals surface area (Å²) in [4.78, 5) is 9.02. The molecule has 0 aliphatic carbocycles. The van der Waals surface area contributed by atoms with Gasteiger partial charge < -0.3 is 0 Å². The van der Waals surface area contributed by atoms with Gasteiger partial charge in [-0.25, -0.2) is 0 Å². The summed E-state index contributed by atoms with van der Waals surface area (Å²) < 4.78 is 18.0. The molecule has 124 valence electrons. The molecule has 6 heteroatoms. The molecule has 0 radical (unpaired) electrons. The van der Waals surface area contributed by atoms with E-state index >= 15 is 0 Å². The highest BCUT2D eigenvalue weighted by atomic mass is 79.9. The quantitative estimate of drug-likeness (QED) is 0.498. The van der Waals surface area contributed by atoms with Gasteiger partial charge in [0.25, 0.3) is 0 Å². The van der Waals surface area contributed by atoms with Crippen molar-refractivity contribution in [1.29, 1.82) is 0 Å². The first-order valence-corrected chi connectivity index (χ1v) is 10.0. The molecular formula is C17H20Br2O3P+. The Morgan fingerprint density at radius 2 is 1.26 bits per heavy atom. The third kappa shape index (κ3) is 7.69. The lowest BCUT2D eigenvalue weighted by Gasteiger charge is -2.11. The number of hydrogen-bond acceptors (Lipinski definition) is 2. The second kappa shape index (κ2) is 11.1. The first-order valence-electron chi connectivity index (χ1n) is 7.31. The van der Waals surface area contributed by atoms with Crippen LogP contribution in [0.25, 0.3) is 0 Å². The summed E-state index contributed by atoms with van der Waals surface area (Å²) in [6.07, 6.45) is 2.08. The summed E-state index contributed by atoms with van der Waals surface area (Å²) >= 11 is 6.71. The molecule has 0 aliphatic heterocycles. The minimum Gasteiger partial charge on any atom is -0.133 e. The largest absolute Gasteiger partial charge is 0.695 e.